The minimum Gasteiger partial charge on any atom is -0.314 e. The van der Waals surface area contributed by atoms with Gasteiger partial charge in [0.05, 0.1) is 10.4 Å². The van der Waals surface area contributed by atoms with Gasteiger partial charge in [0, 0.05) is 50.2 Å². The van der Waals surface area contributed by atoms with Gasteiger partial charge in [0.25, 0.3) is 0 Å². The van der Waals surface area contributed by atoms with Crippen LogP contribution >= 0.6 is 0 Å². The van der Waals surface area contributed by atoms with Crippen molar-refractivity contribution in [2.45, 2.75) is 11.8 Å². The zero-order valence-corrected chi connectivity index (χ0v) is 16.2. The SMILES string of the molecule is CC(=O)n1cc(-c2ccc(S(=O)(=O)N3CCNCC3)cc2)c2ccc(F)cc21. The number of nitrogens with one attached hydrogen (secondary N) is 1. The van der Waals surface area contributed by atoms with Crippen LogP contribution in [-0.4, -0.2) is 49.4 Å². The summed E-state index contributed by atoms with van der Waals surface area (Å²) in [6.45, 7) is 3.58. The summed E-state index contributed by atoms with van der Waals surface area (Å²) in [6.07, 6.45) is 1.66. The van der Waals surface area contributed by atoms with E-state index < -0.39 is 15.8 Å². The number of nitrogens with zero attached hydrogens (tertiary/aromatic N) is 2. The highest BCUT2D eigenvalue weighted by atomic mass is 32.2. The van der Waals surface area contributed by atoms with Gasteiger partial charge in [-0.3, -0.25) is 9.36 Å². The number of carbonyl (C=O) groups excluding carboxylic acids is 1. The molecular formula is C20H20FN3O3S. The van der Waals surface area contributed by atoms with Crippen molar-refractivity contribution in [3.63, 3.8) is 0 Å². The first-order chi connectivity index (χ1) is 13.4. The third-order valence-electron chi connectivity index (χ3n) is 4.99. The maximum absolute atomic E-state index is 13.7. The van der Waals surface area contributed by atoms with Gasteiger partial charge in [0.1, 0.15) is 5.82 Å². The van der Waals surface area contributed by atoms with Crippen LogP contribution in [0, 0.1) is 5.82 Å². The summed E-state index contributed by atoms with van der Waals surface area (Å²) in [7, 11) is -3.53. The second-order valence-electron chi connectivity index (χ2n) is 6.77. The van der Waals surface area contributed by atoms with Crippen LogP contribution in [0.25, 0.3) is 22.0 Å². The lowest BCUT2D eigenvalue weighted by molar-refractivity contribution is 0.0941. The quantitative estimate of drug-likeness (QED) is 0.733. The average molecular weight is 401 g/mol. The molecule has 3 aromatic rings. The van der Waals surface area contributed by atoms with E-state index in [0.29, 0.717) is 31.7 Å². The van der Waals surface area contributed by atoms with E-state index in [9.17, 15) is 17.6 Å². The molecule has 0 atom stereocenters. The van der Waals surface area contributed by atoms with Crippen molar-refractivity contribution in [1.82, 2.24) is 14.2 Å². The van der Waals surface area contributed by atoms with Gasteiger partial charge < -0.3 is 5.32 Å². The second-order valence-corrected chi connectivity index (χ2v) is 8.71. The minimum atomic E-state index is -3.53. The average Bonchev–Trinajstić information content (AvgIpc) is 3.07. The first-order valence-corrected chi connectivity index (χ1v) is 10.4. The fourth-order valence-corrected chi connectivity index (χ4v) is 4.97. The molecule has 1 aliphatic heterocycles. The molecule has 0 amide bonds. The highest BCUT2D eigenvalue weighted by Gasteiger charge is 2.25. The Morgan fingerprint density at radius 3 is 2.39 bits per heavy atom. The lowest BCUT2D eigenvalue weighted by atomic mass is 10.1. The van der Waals surface area contributed by atoms with Gasteiger partial charge in [-0.1, -0.05) is 12.1 Å². The topological polar surface area (TPSA) is 71.4 Å². The van der Waals surface area contributed by atoms with E-state index in [2.05, 4.69) is 5.32 Å². The number of rotatable bonds is 3. The molecule has 8 heteroatoms. The summed E-state index contributed by atoms with van der Waals surface area (Å²) >= 11 is 0. The van der Waals surface area contributed by atoms with Crippen LogP contribution in [0.15, 0.2) is 53.6 Å². The molecule has 0 radical (unpaired) electrons. The molecule has 2 heterocycles. The summed E-state index contributed by atoms with van der Waals surface area (Å²) in [4.78, 5) is 12.2. The predicted octanol–water partition coefficient (Wildman–Crippen LogP) is 2.70. The predicted molar refractivity (Wildman–Crippen MR) is 105 cm³/mol. The molecule has 28 heavy (non-hydrogen) atoms. The van der Waals surface area contributed by atoms with E-state index in [4.69, 9.17) is 0 Å². The van der Waals surface area contributed by atoms with Crippen LogP contribution < -0.4 is 5.32 Å². The number of sulfonamides is 1. The van der Waals surface area contributed by atoms with Gasteiger partial charge >= 0.3 is 0 Å². The van der Waals surface area contributed by atoms with E-state index in [1.807, 2.05) is 0 Å². The van der Waals surface area contributed by atoms with Gasteiger partial charge in [0.2, 0.25) is 15.9 Å². The standard InChI is InChI=1S/C20H20FN3O3S/c1-14(25)24-13-19(18-7-4-16(21)12-20(18)24)15-2-5-17(6-3-15)28(26,27)23-10-8-22-9-11-23/h2-7,12-13,22H,8-11H2,1H3. The normalized spacial score (nSPS) is 15.8. The first kappa shape index (κ1) is 18.8. The highest BCUT2D eigenvalue weighted by Crippen LogP contribution is 2.32. The van der Waals surface area contributed by atoms with Crippen molar-refractivity contribution in [2.75, 3.05) is 26.2 Å². The van der Waals surface area contributed by atoms with E-state index in [1.54, 1.807) is 36.5 Å². The zero-order chi connectivity index (χ0) is 19.9. The zero-order valence-electron chi connectivity index (χ0n) is 15.4. The molecule has 2 aromatic carbocycles. The lowest BCUT2D eigenvalue weighted by Crippen LogP contribution is -2.46. The number of halogens is 1. The van der Waals surface area contributed by atoms with E-state index in [0.717, 1.165) is 16.5 Å². The molecule has 4 rings (SSSR count). The lowest BCUT2D eigenvalue weighted by Gasteiger charge is -2.26. The number of carbonyl (C=O) groups is 1. The number of fused-ring (bicyclic) bond motifs is 1. The monoisotopic (exact) mass is 401 g/mol. The minimum absolute atomic E-state index is 0.222. The summed E-state index contributed by atoms with van der Waals surface area (Å²) in [5.74, 6) is -0.642. The molecule has 0 spiro atoms. The van der Waals surface area contributed by atoms with Crippen molar-refractivity contribution < 1.29 is 17.6 Å². The summed E-state index contributed by atoms with van der Waals surface area (Å²) in [5, 5.41) is 3.87. The van der Waals surface area contributed by atoms with Crippen LogP contribution in [-0.2, 0) is 10.0 Å². The smallest absolute Gasteiger partial charge is 0.243 e. The van der Waals surface area contributed by atoms with Crippen LogP contribution in [0.1, 0.15) is 11.7 Å². The number of hydrogen-bond acceptors (Lipinski definition) is 4. The van der Waals surface area contributed by atoms with Gasteiger partial charge in [-0.15, -0.1) is 0 Å². The number of aromatic nitrogens is 1. The maximum atomic E-state index is 13.7. The number of piperazine rings is 1. The molecule has 1 saturated heterocycles. The number of benzene rings is 2. The van der Waals surface area contributed by atoms with E-state index in [-0.39, 0.29) is 10.8 Å². The molecule has 0 saturated carbocycles. The van der Waals surface area contributed by atoms with E-state index >= 15 is 0 Å². The Morgan fingerprint density at radius 2 is 1.75 bits per heavy atom. The van der Waals surface area contributed by atoms with Crippen LogP contribution in [0.4, 0.5) is 4.39 Å². The summed E-state index contributed by atoms with van der Waals surface area (Å²) in [6, 6.07) is 10.9. The Labute approximate surface area is 162 Å². The van der Waals surface area contributed by atoms with Gasteiger partial charge in [0.15, 0.2) is 0 Å². The first-order valence-electron chi connectivity index (χ1n) is 9.01. The Hall–Kier alpha value is -2.55. The Morgan fingerprint density at radius 1 is 1.07 bits per heavy atom. The molecule has 0 aliphatic carbocycles. The fourth-order valence-electron chi connectivity index (χ4n) is 3.53. The molecule has 1 fully saturated rings. The maximum Gasteiger partial charge on any atom is 0.243 e. The number of hydrogen-bond donors (Lipinski definition) is 1. The third kappa shape index (κ3) is 3.23. The molecule has 0 bridgehead atoms. The third-order valence-corrected chi connectivity index (χ3v) is 6.90. The Kier molecular flexibility index (Phi) is 4.78. The van der Waals surface area contributed by atoms with E-state index in [1.165, 1.54) is 27.9 Å². The van der Waals surface area contributed by atoms with Crippen molar-refractivity contribution in [2.24, 2.45) is 0 Å². The summed E-state index contributed by atoms with van der Waals surface area (Å²) < 4.78 is 42.1. The largest absolute Gasteiger partial charge is 0.314 e. The van der Waals surface area contributed by atoms with Crippen LogP contribution in [0.2, 0.25) is 0 Å². The molecule has 1 aromatic heterocycles. The van der Waals surface area contributed by atoms with Crippen LogP contribution in [0.3, 0.4) is 0 Å². The molecule has 1 aliphatic rings. The molecule has 6 nitrogen and oxygen atoms in total. The molecule has 146 valence electrons. The van der Waals surface area contributed by atoms with Gasteiger partial charge in [-0.2, -0.15) is 4.31 Å². The summed E-state index contributed by atoms with van der Waals surface area (Å²) in [5.41, 5.74) is 1.99. The van der Waals surface area contributed by atoms with Crippen molar-refractivity contribution in [3.8, 4) is 11.1 Å². The van der Waals surface area contributed by atoms with Crippen molar-refractivity contribution >= 4 is 26.8 Å². The Balaban J connectivity index is 1.74. The molecular weight excluding hydrogens is 381 g/mol. The molecule has 0 unspecified atom stereocenters. The molecule has 1 N–H and O–H groups in total. The second kappa shape index (κ2) is 7.12. The van der Waals surface area contributed by atoms with Gasteiger partial charge in [-0.05, 0) is 35.9 Å². The van der Waals surface area contributed by atoms with Crippen molar-refractivity contribution in [1.29, 1.82) is 0 Å². The van der Waals surface area contributed by atoms with Crippen molar-refractivity contribution in [3.05, 3.63) is 54.5 Å². The fraction of sp³-hybridized carbons (Fsp3) is 0.250. The van der Waals surface area contributed by atoms with Crippen LogP contribution in [0.5, 0.6) is 0 Å². The highest BCUT2D eigenvalue weighted by molar-refractivity contribution is 7.89. The van der Waals surface area contributed by atoms with Gasteiger partial charge in [-0.25, -0.2) is 12.8 Å². The Bertz CT molecular complexity index is 1150.